The SMILES string of the molecule is CSc1ccccc1NC(=O)CN(C)C(=O)COC(=O)Cc1ccc(C)cc1. The van der Waals surface area contributed by atoms with Crippen molar-refractivity contribution in [3.8, 4) is 0 Å². The summed E-state index contributed by atoms with van der Waals surface area (Å²) in [5.41, 5.74) is 2.63. The average molecular weight is 401 g/mol. The van der Waals surface area contributed by atoms with E-state index in [4.69, 9.17) is 4.74 Å². The monoisotopic (exact) mass is 400 g/mol. The van der Waals surface area contributed by atoms with Crippen molar-refractivity contribution in [1.82, 2.24) is 4.90 Å². The standard InChI is InChI=1S/C21H24N2O4S/c1-15-8-10-16(11-9-15)12-21(26)27-14-20(25)23(2)13-19(24)22-17-6-4-5-7-18(17)28-3/h4-11H,12-14H2,1-3H3,(H,22,24). The van der Waals surface area contributed by atoms with Gasteiger partial charge in [0.05, 0.1) is 18.7 Å². The van der Waals surface area contributed by atoms with Gasteiger partial charge in [0.15, 0.2) is 6.61 Å². The van der Waals surface area contributed by atoms with Crippen LogP contribution in [0.2, 0.25) is 0 Å². The fraction of sp³-hybridized carbons (Fsp3) is 0.286. The third-order valence-corrected chi connectivity index (χ3v) is 4.81. The lowest BCUT2D eigenvalue weighted by atomic mass is 10.1. The van der Waals surface area contributed by atoms with Gasteiger partial charge >= 0.3 is 5.97 Å². The number of thioether (sulfide) groups is 1. The number of para-hydroxylation sites is 1. The molecule has 0 saturated heterocycles. The van der Waals surface area contributed by atoms with Crippen molar-refractivity contribution in [3.63, 3.8) is 0 Å². The number of nitrogens with one attached hydrogen (secondary N) is 1. The molecule has 0 atom stereocenters. The molecule has 2 aromatic rings. The van der Waals surface area contributed by atoms with E-state index < -0.39 is 18.5 Å². The third-order valence-electron chi connectivity index (χ3n) is 4.01. The first kappa shape index (κ1) is 21.5. The molecule has 0 heterocycles. The number of aryl methyl sites for hydroxylation is 1. The smallest absolute Gasteiger partial charge is 0.310 e. The van der Waals surface area contributed by atoms with Gasteiger partial charge in [-0.15, -0.1) is 11.8 Å². The van der Waals surface area contributed by atoms with Crippen LogP contribution >= 0.6 is 11.8 Å². The van der Waals surface area contributed by atoms with Gasteiger partial charge in [0.25, 0.3) is 5.91 Å². The number of carbonyl (C=O) groups is 3. The number of amides is 2. The zero-order valence-electron chi connectivity index (χ0n) is 16.2. The van der Waals surface area contributed by atoms with Crippen LogP contribution in [0.15, 0.2) is 53.4 Å². The fourth-order valence-electron chi connectivity index (χ4n) is 2.42. The molecule has 0 unspecified atom stereocenters. The minimum Gasteiger partial charge on any atom is -0.455 e. The van der Waals surface area contributed by atoms with Gasteiger partial charge in [0.1, 0.15) is 0 Å². The molecule has 2 rings (SSSR count). The number of ether oxygens (including phenoxy) is 1. The van der Waals surface area contributed by atoms with Gasteiger partial charge in [-0.25, -0.2) is 0 Å². The van der Waals surface area contributed by atoms with E-state index in [1.54, 1.807) is 6.07 Å². The summed E-state index contributed by atoms with van der Waals surface area (Å²) in [6, 6.07) is 15.0. The van der Waals surface area contributed by atoms with Gasteiger partial charge in [-0.05, 0) is 30.9 Å². The van der Waals surface area contributed by atoms with Crippen molar-refractivity contribution in [1.29, 1.82) is 0 Å². The molecule has 7 heteroatoms. The van der Waals surface area contributed by atoms with Gasteiger partial charge in [-0.3, -0.25) is 14.4 Å². The van der Waals surface area contributed by atoms with Crippen molar-refractivity contribution in [3.05, 3.63) is 59.7 Å². The normalized spacial score (nSPS) is 10.2. The molecule has 28 heavy (non-hydrogen) atoms. The lowest BCUT2D eigenvalue weighted by Gasteiger charge is -2.17. The van der Waals surface area contributed by atoms with Crippen LogP contribution in [0.5, 0.6) is 0 Å². The summed E-state index contributed by atoms with van der Waals surface area (Å²) in [6.45, 7) is 1.44. The summed E-state index contributed by atoms with van der Waals surface area (Å²) >= 11 is 1.52. The lowest BCUT2D eigenvalue weighted by molar-refractivity contribution is -0.151. The number of carbonyl (C=O) groups excluding carboxylic acids is 3. The summed E-state index contributed by atoms with van der Waals surface area (Å²) in [5.74, 6) is -1.24. The molecule has 0 aliphatic carbocycles. The minimum absolute atomic E-state index is 0.100. The van der Waals surface area contributed by atoms with E-state index >= 15 is 0 Å². The summed E-state index contributed by atoms with van der Waals surface area (Å²) in [7, 11) is 1.50. The first-order chi connectivity index (χ1) is 13.4. The highest BCUT2D eigenvalue weighted by molar-refractivity contribution is 7.98. The lowest BCUT2D eigenvalue weighted by Crippen LogP contribution is -2.37. The van der Waals surface area contributed by atoms with Gasteiger partial charge in [0, 0.05) is 11.9 Å². The van der Waals surface area contributed by atoms with Crippen LogP contribution in [-0.4, -0.2) is 49.1 Å². The molecular weight excluding hydrogens is 376 g/mol. The summed E-state index contributed by atoms with van der Waals surface area (Å²) in [4.78, 5) is 38.4. The zero-order valence-corrected chi connectivity index (χ0v) is 17.0. The Morgan fingerprint density at radius 1 is 1.07 bits per heavy atom. The number of anilines is 1. The Kier molecular flexibility index (Phi) is 8.07. The molecule has 1 N–H and O–H groups in total. The summed E-state index contributed by atoms with van der Waals surface area (Å²) in [5, 5.41) is 2.79. The Bertz CT molecular complexity index is 837. The highest BCUT2D eigenvalue weighted by atomic mass is 32.2. The van der Waals surface area contributed by atoms with E-state index in [1.165, 1.54) is 23.7 Å². The second-order valence-electron chi connectivity index (χ2n) is 6.32. The molecule has 6 nitrogen and oxygen atoms in total. The highest BCUT2D eigenvalue weighted by Gasteiger charge is 2.16. The molecule has 0 aliphatic heterocycles. The predicted octanol–water partition coefficient (Wildman–Crippen LogP) is 2.90. The summed E-state index contributed by atoms with van der Waals surface area (Å²) in [6.07, 6.45) is 2.02. The van der Waals surface area contributed by atoms with Crippen molar-refractivity contribution in [2.75, 3.05) is 31.8 Å². The van der Waals surface area contributed by atoms with E-state index in [0.29, 0.717) is 5.69 Å². The number of likely N-dealkylation sites (N-methyl/N-ethyl adjacent to an activating group) is 1. The van der Waals surface area contributed by atoms with Gasteiger partial charge < -0.3 is 15.0 Å². The van der Waals surface area contributed by atoms with Crippen LogP contribution in [0.4, 0.5) is 5.69 Å². The van der Waals surface area contributed by atoms with Crippen LogP contribution in [0.3, 0.4) is 0 Å². The molecular formula is C21H24N2O4S. The zero-order chi connectivity index (χ0) is 20.5. The largest absolute Gasteiger partial charge is 0.455 e. The Labute approximate surface area is 169 Å². The second kappa shape index (κ2) is 10.5. The van der Waals surface area contributed by atoms with E-state index in [9.17, 15) is 14.4 Å². The van der Waals surface area contributed by atoms with Crippen molar-refractivity contribution < 1.29 is 19.1 Å². The second-order valence-corrected chi connectivity index (χ2v) is 7.17. The quantitative estimate of drug-likeness (QED) is 0.545. The maximum Gasteiger partial charge on any atom is 0.310 e. The molecule has 0 fully saturated rings. The molecule has 2 amide bonds. The van der Waals surface area contributed by atoms with Crippen LogP contribution in [0.1, 0.15) is 11.1 Å². The Morgan fingerprint density at radius 3 is 2.43 bits per heavy atom. The molecule has 0 aliphatic rings. The first-order valence-electron chi connectivity index (χ1n) is 8.77. The maximum absolute atomic E-state index is 12.2. The highest BCUT2D eigenvalue weighted by Crippen LogP contribution is 2.24. The molecule has 0 aromatic heterocycles. The first-order valence-corrected chi connectivity index (χ1v) is 9.99. The van der Waals surface area contributed by atoms with Crippen molar-refractivity contribution >= 4 is 35.2 Å². The maximum atomic E-state index is 12.2. The molecule has 148 valence electrons. The van der Waals surface area contributed by atoms with E-state index in [-0.39, 0.29) is 18.9 Å². The van der Waals surface area contributed by atoms with Crippen LogP contribution in [0, 0.1) is 6.92 Å². The number of rotatable bonds is 8. The van der Waals surface area contributed by atoms with Gasteiger partial charge in [-0.2, -0.15) is 0 Å². The van der Waals surface area contributed by atoms with Crippen LogP contribution in [-0.2, 0) is 25.5 Å². The topological polar surface area (TPSA) is 75.7 Å². The Balaban J connectivity index is 1.77. The van der Waals surface area contributed by atoms with E-state index in [0.717, 1.165) is 16.0 Å². The van der Waals surface area contributed by atoms with Crippen LogP contribution < -0.4 is 5.32 Å². The van der Waals surface area contributed by atoms with Gasteiger partial charge in [-0.1, -0.05) is 42.0 Å². The Morgan fingerprint density at radius 2 is 1.75 bits per heavy atom. The van der Waals surface area contributed by atoms with Crippen molar-refractivity contribution in [2.24, 2.45) is 0 Å². The molecule has 0 radical (unpaired) electrons. The van der Waals surface area contributed by atoms with Crippen molar-refractivity contribution in [2.45, 2.75) is 18.2 Å². The average Bonchev–Trinajstić information content (AvgIpc) is 2.68. The predicted molar refractivity (Wildman–Crippen MR) is 110 cm³/mol. The molecule has 0 saturated carbocycles. The molecule has 0 bridgehead atoms. The third kappa shape index (κ3) is 6.74. The molecule has 0 spiro atoms. The number of benzene rings is 2. The number of hydrogen-bond donors (Lipinski definition) is 1. The van der Waals surface area contributed by atoms with Gasteiger partial charge in [0.2, 0.25) is 5.91 Å². The molecule has 2 aromatic carbocycles. The summed E-state index contributed by atoms with van der Waals surface area (Å²) < 4.78 is 5.03. The number of nitrogens with zero attached hydrogens (tertiary/aromatic N) is 1. The number of esters is 1. The minimum atomic E-state index is -0.482. The number of hydrogen-bond acceptors (Lipinski definition) is 5. The van der Waals surface area contributed by atoms with Crippen LogP contribution in [0.25, 0.3) is 0 Å². The van der Waals surface area contributed by atoms with E-state index in [1.807, 2.05) is 55.6 Å². The fourth-order valence-corrected chi connectivity index (χ4v) is 2.97. The Hall–Kier alpha value is -2.80. The van der Waals surface area contributed by atoms with E-state index in [2.05, 4.69) is 5.32 Å².